The minimum Gasteiger partial charge on any atom is -0.481 e. The zero-order valence-corrected chi connectivity index (χ0v) is 11.6. The second-order valence-electron chi connectivity index (χ2n) is 5.09. The molecule has 1 atom stereocenters. The standard InChI is InChI=1S/C15H23NO3/c1-12(2)14(11-17)16(9-8-15(18)19)10-13-6-4-3-5-7-13/h3-7,12,14,17H,8-11H2,1-2H3,(H,18,19). The van der Waals surface area contributed by atoms with Crippen LogP contribution >= 0.6 is 0 Å². The number of aliphatic hydroxyl groups excluding tert-OH is 1. The molecule has 2 N–H and O–H groups in total. The molecule has 0 heterocycles. The Morgan fingerprint density at radius 1 is 1.26 bits per heavy atom. The largest absolute Gasteiger partial charge is 0.481 e. The second-order valence-corrected chi connectivity index (χ2v) is 5.09. The van der Waals surface area contributed by atoms with E-state index in [9.17, 15) is 9.90 Å². The molecular weight excluding hydrogens is 242 g/mol. The van der Waals surface area contributed by atoms with Gasteiger partial charge in [0.15, 0.2) is 0 Å². The molecule has 4 heteroatoms. The molecule has 0 aliphatic carbocycles. The molecule has 0 aliphatic rings. The predicted molar refractivity (Wildman–Crippen MR) is 74.8 cm³/mol. The highest BCUT2D eigenvalue weighted by molar-refractivity contribution is 5.66. The van der Waals surface area contributed by atoms with E-state index in [0.29, 0.717) is 13.1 Å². The van der Waals surface area contributed by atoms with E-state index < -0.39 is 5.97 Å². The Morgan fingerprint density at radius 2 is 1.89 bits per heavy atom. The highest BCUT2D eigenvalue weighted by Gasteiger charge is 2.21. The summed E-state index contributed by atoms with van der Waals surface area (Å²) in [5.41, 5.74) is 1.13. The molecule has 0 radical (unpaired) electrons. The Balaban J connectivity index is 2.76. The fraction of sp³-hybridized carbons (Fsp3) is 0.533. The van der Waals surface area contributed by atoms with Crippen molar-refractivity contribution in [2.45, 2.75) is 32.9 Å². The van der Waals surface area contributed by atoms with E-state index in [0.717, 1.165) is 5.56 Å². The monoisotopic (exact) mass is 265 g/mol. The number of hydrogen-bond donors (Lipinski definition) is 2. The van der Waals surface area contributed by atoms with Crippen molar-refractivity contribution in [1.82, 2.24) is 4.90 Å². The van der Waals surface area contributed by atoms with Gasteiger partial charge in [0.25, 0.3) is 0 Å². The van der Waals surface area contributed by atoms with Gasteiger partial charge in [0.05, 0.1) is 13.0 Å². The number of nitrogens with zero attached hydrogens (tertiary/aromatic N) is 1. The molecular formula is C15H23NO3. The highest BCUT2D eigenvalue weighted by atomic mass is 16.4. The van der Waals surface area contributed by atoms with Crippen LogP contribution in [0.2, 0.25) is 0 Å². The maximum absolute atomic E-state index is 10.7. The van der Waals surface area contributed by atoms with Crippen molar-refractivity contribution in [3.63, 3.8) is 0 Å². The van der Waals surface area contributed by atoms with Crippen LogP contribution in [0.5, 0.6) is 0 Å². The maximum atomic E-state index is 10.7. The van der Waals surface area contributed by atoms with Gasteiger partial charge in [-0.05, 0) is 11.5 Å². The first-order valence-electron chi connectivity index (χ1n) is 6.65. The summed E-state index contributed by atoms with van der Waals surface area (Å²) in [7, 11) is 0. The summed E-state index contributed by atoms with van der Waals surface area (Å²) in [6, 6.07) is 9.91. The van der Waals surface area contributed by atoms with Gasteiger partial charge in [0, 0.05) is 19.1 Å². The van der Waals surface area contributed by atoms with E-state index in [1.165, 1.54) is 0 Å². The first kappa shape index (κ1) is 15.7. The first-order valence-corrected chi connectivity index (χ1v) is 6.65. The van der Waals surface area contributed by atoms with E-state index in [-0.39, 0.29) is 25.0 Å². The summed E-state index contributed by atoms with van der Waals surface area (Å²) in [4.78, 5) is 12.8. The Bertz CT molecular complexity index is 378. The first-order chi connectivity index (χ1) is 9.04. The van der Waals surface area contributed by atoms with Gasteiger partial charge in [-0.2, -0.15) is 0 Å². The lowest BCUT2D eigenvalue weighted by atomic mass is 10.0. The summed E-state index contributed by atoms with van der Waals surface area (Å²) in [6.07, 6.45) is 0.0933. The molecule has 0 aliphatic heterocycles. The van der Waals surface area contributed by atoms with Gasteiger partial charge in [0.1, 0.15) is 0 Å². The molecule has 19 heavy (non-hydrogen) atoms. The summed E-state index contributed by atoms with van der Waals surface area (Å²) < 4.78 is 0. The minimum absolute atomic E-state index is 0.0143. The van der Waals surface area contributed by atoms with Crippen molar-refractivity contribution in [3.8, 4) is 0 Å². The van der Waals surface area contributed by atoms with Crippen LogP contribution in [0.3, 0.4) is 0 Å². The molecule has 0 fully saturated rings. The molecule has 0 bridgehead atoms. The van der Waals surface area contributed by atoms with Crippen LogP contribution in [0.4, 0.5) is 0 Å². The minimum atomic E-state index is -0.807. The third kappa shape index (κ3) is 5.41. The molecule has 0 aromatic heterocycles. The van der Waals surface area contributed by atoms with Gasteiger partial charge in [-0.15, -0.1) is 0 Å². The van der Waals surface area contributed by atoms with Gasteiger partial charge in [-0.1, -0.05) is 44.2 Å². The van der Waals surface area contributed by atoms with Crippen molar-refractivity contribution >= 4 is 5.97 Å². The van der Waals surface area contributed by atoms with Crippen LogP contribution in [0.25, 0.3) is 0 Å². The average Bonchev–Trinajstić information content (AvgIpc) is 2.37. The molecule has 1 aromatic carbocycles. The highest BCUT2D eigenvalue weighted by Crippen LogP contribution is 2.15. The summed E-state index contributed by atoms with van der Waals surface area (Å²) in [5, 5.41) is 18.4. The van der Waals surface area contributed by atoms with Gasteiger partial charge < -0.3 is 10.2 Å². The summed E-state index contributed by atoms with van der Waals surface area (Å²) in [6.45, 7) is 5.24. The van der Waals surface area contributed by atoms with Crippen molar-refractivity contribution in [2.75, 3.05) is 13.2 Å². The lowest BCUT2D eigenvalue weighted by Gasteiger charge is -2.33. The van der Waals surface area contributed by atoms with Gasteiger partial charge in [-0.25, -0.2) is 0 Å². The molecule has 1 unspecified atom stereocenters. The number of aliphatic hydroxyl groups is 1. The number of aliphatic carboxylic acids is 1. The quantitative estimate of drug-likeness (QED) is 0.754. The molecule has 106 valence electrons. The Labute approximate surface area is 114 Å². The lowest BCUT2D eigenvalue weighted by molar-refractivity contribution is -0.137. The Morgan fingerprint density at radius 3 is 2.37 bits per heavy atom. The van der Waals surface area contributed by atoms with Crippen LogP contribution in [-0.2, 0) is 11.3 Å². The fourth-order valence-corrected chi connectivity index (χ4v) is 2.17. The maximum Gasteiger partial charge on any atom is 0.304 e. The van der Waals surface area contributed by atoms with E-state index in [1.54, 1.807) is 0 Å². The van der Waals surface area contributed by atoms with Crippen molar-refractivity contribution in [1.29, 1.82) is 0 Å². The zero-order chi connectivity index (χ0) is 14.3. The van der Waals surface area contributed by atoms with Crippen LogP contribution in [0.15, 0.2) is 30.3 Å². The van der Waals surface area contributed by atoms with Crippen molar-refractivity contribution in [2.24, 2.45) is 5.92 Å². The van der Waals surface area contributed by atoms with Crippen molar-refractivity contribution in [3.05, 3.63) is 35.9 Å². The van der Waals surface area contributed by atoms with Crippen LogP contribution in [0.1, 0.15) is 25.8 Å². The smallest absolute Gasteiger partial charge is 0.304 e. The van der Waals surface area contributed by atoms with Crippen LogP contribution in [-0.4, -0.2) is 40.3 Å². The van der Waals surface area contributed by atoms with Gasteiger partial charge >= 0.3 is 5.97 Å². The van der Waals surface area contributed by atoms with Gasteiger partial charge in [-0.3, -0.25) is 9.69 Å². The number of rotatable bonds is 8. The Kier molecular flexibility index (Phi) is 6.53. The average molecular weight is 265 g/mol. The molecule has 0 amide bonds. The normalized spacial score (nSPS) is 12.9. The zero-order valence-electron chi connectivity index (χ0n) is 11.6. The van der Waals surface area contributed by atoms with Gasteiger partial charge in [0.2, 0.25) is 0 Å². The molecule has 1 aromatic rings. The van der Waals surface area contributed by atoms with Crippen molar-refractivity contribution < 1.29 is 15.0 Å². The number of carbonyl (C=O) groups is 1. The number of hydrogen-bond acceptors (Lipinski definition) is 3. The number of benzene rings is 1. The fourth-order valence-electron chi connectivity index (χ4n) is 2.17. The molecule has 1 rings (SSSR count). The SMILES string of the molecule is CC(C)C(CO)N(CCC(=O)O)Cc1ccccc1. The lowest BCUT2D eigenvalue weighted by Crippen LogP contribution is -2.42. The second kappa shape index (κ2) is 7.92. The number of carboxylic acids is 1. The molecule has 0 spiro atoms. The topological polar surface area (TPSA) is 60.8 Å². The van der Waals surface area contributed by atoms with Crippen LogP contribution < -0.4 is 0 Å². The molecule has 0 saturated heterocycles. The Hall–Kier alpha value is -1.39. The summed E-state index contributed by atoms with van der Waals surface area (Å²) >= 11 is 0. The van der Waals surface area contributed by atoms with Crippen LogP contribution in [0, 0.1) is 5.92 Å². The summed E-state index contributed by atoms with van der Waals surface area (Å²) in [5.74, 6) is -0.527. The third-order valence-corrected chi connectivity index (χ3v) is 3.27. The van der Waals surface area contributed by atoms with E-state index >= 15 is 0 Å². The van der Waals surface area contributed by atoms with E-state index in [1.807, 2.05) is 49.1 Å². The molecule has 4 nitrogen and oxygen atoms in total. The van der Waals surface area contributed by atoms with E-state index in [4.69, 9.17) is 5.11 Å². The predicted octanol–water partition coefficient (Wildman–Crippen LogP) is 1.98. The third-order valence-electron chi connectivity index (χ3n) is 3.27. The molecule has 0 saturated carbocycles. The van der Waals surface area contributed by atoms with E-state index in [2.05, 4.69) is 0 Å². The number of carboxylic acid groups (broad SMARTS) is 1.